The standard InChI is InChI=1S/C13H28N2/c1-5-15-9-7-13(12(4)10-15)14-8-6-11(2)3/h11-14H,5-10H2,1-4H3. The van der Waals surface area contributed by atoms with E-state index in [0.29, 0.717) is 0 Å². The van der Waals surface area contributed by atoms with Crippen molar-refractivity contribution in [1.29, 1.82) is 0 Å². The minimum Gasteiger partial charge on any atom is -0.314 e. The van der Waals surface area contributed by atoms with Crippen LogP contribution in [0, 0.1) is 11.8 Å². The molecule has 2 heteroatoms. The van der Waals surface area contributed by atoms with Crippen molar-refractivity contribution in [2.45, 2.75) is 46.6 Å². The van der Waals surface area contributed by atoms with Crippen molar-refractivity contribution in [2.75, 3.05) is 26.2 Å². The predicted molar refractivity (Wildman–Crippen MR) is 67.1 cm³/mol. The topological polar surface area (TPSA) is 15.3 Å². The molecular weight excluding hydrogens is 184 g/mol. The Morgan fingerprint density at radius 2 is 2.13 bits per heavy atom. The molecule has 1 rings (SSSR count). The maximum atomic E-state index is 3.72. The largest absolute Gasteiger partial charge is 0.314 e. The molecule has 1 aliphatic heterocycles. The van der Waals surface area contributed by atoms with E-state index in [0.717, 1.165) is 17.9 Å². The first-order valence-electron chi connectivity index (χ1n) is 6.59. The average molecular weight is 212 g/mol. The average Bonchev–Trinajstić information content (AvgIpc) is 2.20. The predicted octanol–water partition coefficient (Wildman–Crippen LogP) is 2.35. The Labute approximate surface area is 95.4 Å². The van der Waals surface area contributed by atoms with Crippen molar-refractivity contribution in [2.24, 2.45) is 11.8 Å². The van der Waals surface area contributed by atoms with E-state index in [1.54, 1.807) is 0 Å². The first kappa shape index (κ1) is 13.0. The van der Waals surface area contributed by atoms with Gasteiger partial charge in [-0.2, -0.15) is 0 Å². The van der Waals surface area contributed by atoms with E-state index in [1.807, 2.05) is 0 Å². The molecule has 15 heavy (non-hydrogen) atoms. The lowest BCUT2D eigenvalue weighted by Gasteiger charge is -2.37. The maximum absolute atomic E-state index is 3.72. The Balaban J connectivity index is 2.20. The zero-order valence-corrected chi connectivity index (χ0v) is 10.9. The number of nitrogens with one attached hydrogen (secondary N) is 1. The molecule has 1 N–H and O–H groups in total. The van der Waals surface area contributed by atoms with Gasteiger partial charge in [0.05, 0.1) is 0 Å². The van der Waals surface area contributed by atoms with Crippen LogP contribution in [0.4, 0.5) is 0 Å². The second kappa shape index (κ2) is 6.49. The third-order valence-corrected chi connectivity index (χ3v) is 3.56. The molecule has 2 nitrogen and oxygen atoms in total. The van der Waals surface area contributed by atoms with Gasteiger partial charge in [-0.25, -0.2) is 0 Å². The zero-order valence-electron chi connectivity index (χ0n) is 10.9. The van der Waals surface area contributed by atoms with Crippen LogP contribution < -0.4 is 5.32 Å². The third-order valence-electron chi connectivity index (χ3n) is 3.56. The quantitative estimate of drug-likeness (QED) is 0.752. The molecule has 90 valence electrons. The third kappa shape index (κ3) is 4.52. The molecule has 0 radical (unpaired) electrons. The molecule has 1 saturated heterocycles. The molecule has 2 atom stereocenters. The van der Waals surface area contributed by atoms with Gasteiger partial charge in [-0.3, -0.25) is 0 Å². The van der Waals surface area contributed by atoms with Crippen LogP contribution in [0.3, 0.4) is 0 Å². The Kier molecular flexibility index (Phi) is 5.62. The summed E-state index contributed by atoms with van der Waals surface area (Å²) in [6.07, 6.45) is 2.63. The van der Waals surface area contributed by atoms with Crippen molar-refractivity contribution < 1.29 is 0 Å². The number of nitrogens with zero attached hydrogens (tertiary/aromatic N) is 1. The first-order chi connectivity index (χ1) is 7.13. The van der Waals surface area contributed by atoms with Gasteiger partial charge in [-0.1, -0.05) is 27.7 Å². The summed E-state index contributed by atoms with van der Waals surface area (Å²) in [7, 11) is 0. The molecule has 1 aliphatic rings. The van der Waals surface area contributed by atoms with Crippen LogP contribution in [-0.4, -0.2) is 37.1 Å². The van der Waals surface area contributed by atoms with E-state index in [2.05, 4.69) is 37.9 Å². The molecule has 0 amide bonds. The fourth-order valence-electron chi connectivity index (χ4n) is 2.38. The van der Waals surface area contributed by atoms with Crippen LogP contribution in [0.5, 0.6) is 0 Å². The summed E-state index contributed by atoms with van der Waals surface area (Å²) in [5, 5.41) is 3.72. The van der Waals surface area contributed by atoms with E-state index in [-0.39, 0.29) is 0 Å². The van der Waals surface area contributed by atoms with E-state index in [1.165, 1.54) is 39.0 Å². The Morgan fingerprint density at radius 3 is 2.67 bits per heavy atom. The van der Waals surface area contributed by atoms with Gasteiger partial charge in [-0.05, 0) is 44.3 Å². The van der Waals surface area contributed by atoms with Crippen molar-refractivity contribution in [3.63, 3.8) is 0 Å². The molecule has 1 fully saturated rings. The molecule has 0 aromatic carbocycles. The second-order valence-corrected chi connectivity index (χ2v) is 5.40. The lowest BCUT2D eigenvalue weighted by molar-refractivity contribution is 0.153. The molecular formula is C13H28N2. The maximum Gasteiger partial charge on any atom is 0.0117 e. The lowest BCUT2D eigenvalue weighted by Crippen LogP contribution is -2.48. The smallest absolute Gasteiger partial charge is 0.0117 e. The summed E-state index contributed by atoms with van der Waals surface area (Å²) >= 11 is 0. The fourth-order valence-corrected chi connectivity index (χ4v) is 2.38. The monoisotopic (exact) mass is 212 g/mol. The fraction of sp³-hybridized carbons (Fsp3) is 1.00. The van der Waals surface area contributed by atoms with Gasteiger partial charge in [-0.15, -0.1) is 0 Å². The van der Waals surface area contributed by atoms with Gasteiger partial charge in [0.1, 0.15) is 0 Å². The van der Waals surface area contributed by atoms with Crippen molar-refractivity contribution in [3.8, 4) is 0 Å². The van der Waals surface area contributed by atoms with E-state index < -0.39 is 0 Å². The number of hydrogen-bond acceptors (Lipinski definition) is 2. The summed E-state index contributed by atoms with van der Waals surface area (Å²) in [4.78, 5) is 2.56. The van der Waals surface area contributed by atoms with E-state index in [9.17, 15) is 0 Å². The van der Waals surface area contributed by atoms with Crippen LogP contribution in [0.1, 0.15) is 40.5 Å². The molecule has 0 aromatic rings. The van der Waals surface area contributed by atoms with Crippen molar-refractivity contribution >= 4 is 0 Å². The molecule has 0 saturated carbocycles. The molecule has 0 aromatic heterocycles. The van der Waals surface area contributed by atoms with Gasteiger partial charge < -0.3 is 10.2 Å². The highest BCUT2D eigenvalue weighted by Gasteiger charge is 2.24. The van der Waals surface area contributed by atoms with Gasteiger partial charge >= 0.3 is 0 Å². The van der Waals surface area contributed by atoms with E-state index in [4.69, 9.17) is 0 Å². The minimum absolute atomic E-state index is 0.756. The summed E-state index contributed by atoms with van der Waals surface area (Å²) in [5.74, 6) is 1.63. The molecule has 0 bridgehead atoms. The molecule has 0 aliphatic carbocycles. The van der Waals surface area contributed by atoms with Crippen LogP contribution in [-0.2, 0) is 0 Å². The second-order valence-electron chi connectivity index (χ2n) is 5.40. The SMILES string of the molecule is CCN1CCC(NCCC(C)C)C(C)C1. The normalized spacial score (nSPS) is 28.6. The Morgan fingerprint density at radius 1 is 1.40 bits per heavy atom. The Bertz CT molecular complexity index is 168. The summed E-state index contributed by atoms with van der Waals surface area (Å²) in [6, 6.07) is 0.756. The number of hydrogen-bond donors (Lipinski definition) is 1. The van der Waals surface area contributed by atoms with E-state index >= 15 is 0 Å². The molecule has 1 heterocycles. The summed E-state index contributed by atoms with van der Waals surface area (Å²) in [6.45, 7) is 14.2. The lowest BCUT2D eigenvalue weighted by atomic mass is 9.93. The Hall–Kier alpha value is -0.0800. The molecule has 0 spiro atoms. The van der Waals surface area contributed by atoms with Gasteiger partial charge in [0.25, 0.3) is 0 Å². The highest BCUT2D eigenvalue weighted by Crippen LogP contribution is 2.16. The van der Waals surface area contributed by atoms with Crippen molar-refractivity contribution in [1.82, 2.24) is 10.2 Å². The highest BCUT2D eigenvalue weighted by atomic mass is 15.1. The van der Waals surface area contributed by atoms with Crippen LogP contribution in [0.15, 0.2) is 0 Å². The van der Waals surface area contributed by atoms with Gasteiger partial charge in [0.2, 0.25) is 0 Å². The number of piperidine rings is 1. The summed E-state index contributed by atoms with van der Waals surface area (Å²) < 4.78 is 0. The zero-order chi connectivity index (χ0) is 11.3. The van der Waals surface area contributed by atoms with Crippen LogP contribution in [0.2, 0.25) is 0 Å². The highest BCUT2D eigenvalue weighted by molar-refractivity contribution is 4.82. The van der Waals surface area contributed by atoms with Gasteiger partial charge in [0, 0.05) is 12.6 Å². The van der Waals surface area contributed by atoms with Crippen molar-refractivity contribution in [3.05, 3.63) is 0 Å². The minimum atomic E-state index is 0.756. The number of rotatable bonds is 5. The van der Waals surface area contributed by atoms with Crippen LogP contribution in [0.25, 0.3) is 0 Å². The van der Waals surface area contributed by atoms with Crippen LogP contribution >= 0.6 is 0 Å². The van der Waals surface area contributed by atoms with Gasteiger partial charge in [0.15, 0.2) is 0 Å². The first-order valence-corrected chi connectivity index (χ1v) is 6.59. The summed E-state index contributed by atoms with van der Waals surface area (Å²) in [5.41, 5.74) is 0. The molecule has 2 unspecified atom stereocenters. The number of likely N-dealkylation sites (tertiary alicyclic amines) is 1.